The molecule has 0 fully saturated rings. The lowest BCUT2D eigenvalue weighted by atomic mass is 10.3. The Balaban J connectivity index is 2.83. The summed E-state index contributed by atoms with van der Waals surface area (Å²) in [4.78, 5) is 10.1. The van der Waals surface area contributed by atoms with Crippen LogP contribution in [0, 0.1) is 0 Å². The molecule has 0 unspecified atom stereocenters. The van der Waals surface area contributed by atoms with Crippen LogP contribution in [-0.4, -0.2) is 40.8 Å². The van der Waals surface area contributed by atoms with Gasteiger partial charge in [-0.2, -0.15) is 31.9 Å². The molecule has 0 atom stereocenters. The maximum atomic E-state index is 12.6. The van der Waals surface area contributed by atoms with Gasteiger partial charge in [-0.25, -0.2) is 5.84 Å². The van der Waals surface area contributed by atoms with E-state index in [1.54, 1.807) is 0 Å². The average molecular weight is 289 g/mol. The standard InChI is InChI=1S/C7H8F5N5O2/c1-18-4-14-3(17-13)15-5(16-4)19-2-6(8,9)7(10,11)12/h2,13H2,1H3,(H,14,15,16,17). The molecular weight excluding hydrogens is 281 g/mol. The second-order valence-corrected chi connectivity index (χ2v) is 3.06. The topological polar surface area (TPSA) is 95.2 Å². The Labute approximate surface area is 102 Å². The van der Waals surface area contributed by atoms with Gasteiger partial charge in [0, 0.05) is 0 Å². The number of aromatic nitrogens is 3. The maximum absolute atomic E-state index is 12.6. The van der Waals surface area contributed by atoms with E-state index in [1.807, 2.05) is 5.43 Å². The minimum Gasteiger partial charge on any atom is -0.467 e. The summed E-state index contributed by atoms with van der Waals surface area (Å²) in [5.74, 6) is -0.409. The second-order valence-electron chi connectivity index (χ2n) is 3.06. The third kappa shape index (κ3) is 3.74. The minimum atomic E-state index is -5.74. The van der Waals surface area contributed by atoms with Crippen LogP contribution in [0.3, 0.4) is 0 Å². The van der Waals surface area contributed by atoms with Crippen LogP contribution in [0.4, 0.5) is 27.9 Å². The number of hydrazine groups is 1. The molecule has 12 heteroatoms. The number of nitrogens with one attached hydrogen (secondary N) is 1. The molecule has 7 nitrogen and oxygen atoms in total. The van der Waals surface area contributed by atoms with Crippen molar-refractivity contribution in [2.45, 2.75) is 12.1 Å². The van der Waals surface area contributed by atoms with E-state index in [1.165, 1.54) is 0 Å². The molecular formula is C7H8F5N5O2. The van der Waals surface area contributed by atoms with Crippen molar-refractivity contribution in [1.29, 1.82) is 0 Å². The lowest BCUT2D eigenvalue weighted by Crippen LogP contribution is -2.42. The molecule has 108 valence electrons. The number of hydrogen-bond donors (Lipinski definition) is 2. The molecule has 0 radical (unpaired) electrons. The van der Waals surface area contributed by atoms with Crippen LogP contribution in [-0.2, 0) is 0 Å². The molecule has 0 aliphatic heterocycles. The van der Waals surface area contributed by atoms with E-state index in [0.29, 0.717) is 0 Å². The number of rotatable bonds is 5. The summed E-state index contributed by atoms with van der Waals surface area (Å²) >= 11 is 0. The minimum absolute atomic E-state index is 0.322. The van der Waals surface area contributed by atoms with Crippen molar-refractivity contribution in [1.82, 2.24) is 15.0 Å². The Kier molecular flexibility index (Phi) is 4.24. The highest BCUT2D eigenvalue weighted by Gasteiger charge is 2.58. The molecule has 0 aromatic carbocycles. The molecule has 1 aromatic heterocycles. The first-order valence-electron chi connectivity index (χ1n) is 4.53. The monoisotopic (exact) mass is 289 g/mol. The Morgan fingerprint density at radius 3 is 2.16 bits per heavy atom. The van der Waals surface area contributed by atoms with E-state index in [0.717, 1.165) is 7.11 Å². The molecule has 0 bridgehead atoms. The first-order valence-corrected chi connectivity index (χ1v) is 4.53. The third-order valence-electron chi connectivity index (χ3n) is 1.70. The van der Waals surface area contributed by atoms with Gasteiger partial charge in [0.1, 0.15) is 0 Å². The number of nitrogen functional groups attached to an aromatic ring is 1. The summed E-state index contributed by atoms with van der Waals surface area (Å²) in [5.41, 5.74) is 1.94. The zero-order valence-corrected chi connectivity index (χ0v) is 9.33. The molecule has 0 spiro atoms. The Morgan fingerprint density at radius 1 is 1.11 bits per heavy atom. The number of alkyl halides is 5. The fourth-order valence-corrected chi connectivity index (χ4v) is 0.795. The lowest BCUT2D eigenvalue weighted by Gasteiger charge is -2.19. The third-order valence-corrected chi connectivity index (χ3v) is 1.70. The van der Waals surface area contributed by atoms with Crippen LogP contribution in [0.15, 0.2) is 0 Å². The van der Waals surface area contributed by atoms with Crippen molar-refractivity contribution in [2.75, 3.05) is 19.1 Å². The van der Waals surface area contributed by atoms with Crippen molar-refractivity contribution in [3.05, 3.63) is 0 Å². The van der Waals surface area contributed by atoms with Gasteiger partial charge in [-0.3, -0.25) is 5.43 Å². The molecule has 1 heterocycles. The molecule has 1 aromatic rings. The summed E-state index contributed by atoms with van der Waals surface area (Å²) in [6.45, 7) is -1.98. The van der Waals surface area contributed by atoms with Crippen LogP contribution in [0.2, 0.25) is 0 Å². The van der Waals surface area contributed by atoms with Crippen LogP contribution < -0.4 is 20.7 Å². The largest absolute Gasteiger partial charge is 0.467 e. The first kappa shape index (κ1) is 15.1. The normalized spacial score (nSPS) is 12.2. The van der Waals surface area contributed by atoms with Crippen molar-refractivity contribution in [3.63, 3.8) is 0 Å². The maximum Gasteiger partial charge on any atom is 0.456 e. The smallest absolute Gasteiger partial charge is 0.456 e. The Hall–Kier alpha value is -1.98. The molecule has 0 aliphatic rings. The Bertz CT molecular complexity index is 418. The number of ether oxygens (including phenoxy) is 2. The number of nitrogens with two attached hydrogens (primary N) is 1. The molecule has 0 saturated heterocycles. The molecule has 0 saturated carbocycles. The number of halogens is 5. The van der Waals surface area contributed by atoms with Crippen molar-refractivity contribution in [3.8, 4) is 12.0 Å². The summed E-state index contributed by atoms with van der Waals surface area (Å²) < 4.78 is 69.6. The second kappa shape index (κ2) is 5.34. The zero-order chi connectivity index (χ0) is 14.7. The zero-order valence-electron chi connectivity index (χ0n) is 9.33. The number of methoxy groups -OCH3 is 1. The van der Waals surface area contributed by atoms with E-state index >= 15 is 0 Å². The van der Waals surface area contributed by atoms with E-state index < -0.39 is 24.7 Å². The lowest BCUT2D eigenvalue weighted by molar-refractivity contribution is -0.290. The molecule has 0 amide bonds. The fourth-order valence-electron chi connectivity index (χ4n) is 0.795. The van der Waals surface area contributed by atoms with E-state index in [-0.39, 0.29) is 12.0 Å². The summed E-state index contributed by atoms with van der Waals surface area (Å²) in [6.07, 6.45) is -5.74. The van der Waals surface area contributed by atoms with E-state index in [2.05, 4.69) is 24.4 Å². The van der Waals surface area contributed by atoms with Gasteiger partial charge < -0.3 is 9.47 Å². The average Bonchev–Trinajstić information content (AvgIpc) is 2.34. The summed E-state index contributed by atoms with van der Waals surface area (Å²) in [6, 6.07) is -1.16. The SMILES string of the molecule is COc1nc(NN)nc(OCC(F)(F)C(F)(F)F)n1. The number of nitrogens with zero attached hydrogens (tertiary/aromatic N) is 3. The predicted octanol–water partition coefficient (Wildman–Crippen LogP) is 0.742. The molecule has 3 N–H and O–H groups in total. The van der Waals surface area contributed by atoms with Gasteiger partial charge in [0.25, 0.3) is 0 Å². The first-order chi connectivity index (χ1) is 8.69. The molecule has 0 aliphatic carbocycles. The quantitative estimate of drug-likeness (QED) is 0.469. The summed E-state index contributed by atoms with van der Waals surface area (Å²) in [5, 5.41) is 0. The van der Waals surface area contributed by atoms with E-state index in [4.69, 9.17) is 5.84 Å². The van der Waals surface area contributed by atoms with Gasteiger partial charge in [-0.1, -0.05) is 0 Å². The predicted molar refractivity (Wildman–Crippen MR) is 50.7 cm³/mol. The van der Waals surface area contributed by atoms with Gasteiger partial charge in [0.15, 0.2) is 6.61 Å². The van der Waals surface area contributed by atoms with E-state index in [9.17, 15) is 22.0 Å². The Morgan fingerprint density at radius 2 is 1.68 bits per heavy atom. The highest BCUT2D eigenvalue weighted by Crippen LogP contribution is 2.35. The fraction of sp³-hybridized carbons (Fsp3) is 0.571. The van der Waals surface area contributed by atoms with Crippen molar-refractivity contribution in [2.24, 2.45) is 5.84 Å². The van der Waals surface area contributed by atoms with Gasteiger partial charge in [0.05, 0.1) is 7.11 Å². The highest BCUT2D eigenvalue weighted by atomic mass is 19.4. The number of hydrogen-bond acceptors (Lipinski definition) is 7. The van der Waals surface area contributed by atoms with Gasteiger partial charge in [-0.15, -0.1) is 4.98 Å². The van der Waals surface area contributed by atoms with Crippen LogP contribution in [0.5, 0.6) is 12.0 Å². The van der Waals surface area contributed by atoms with Crippen molar-refractivity contribution < 1.29 is 31.4 Å². The van der Waals surface area contributed by atoms with Crippen LogP contribution in [0.1, 0.15) is 0 Å². The van der Waals surface area contributed by atoms with Crippen molar-refractivity contribution >= 4 is 5.95 Å². The van der Waals surface area contributed by atoms with Crippen LogP contribution in [0.25, 0.3) is 0 Å². The highest BCUT2D eigenvalue weighted by molar-refractivity contribution is 5.25. The van der Waals surface area contributed by atoms with Crippen LogP contribution >= 0.6 is 0 Å². The molecule has 19 heavy (non-hydrogen) atoms. The molecule has 1 rings (SSSR count). The van der Waals surface area contributed by atoms with Gasteiger partial charge in [0.2, 0.25) is 5.95 Å². The number of anilines is 1. The van der Waals surface area contributed by atoms with Gasteiger partial charge >= 0.3 is 24.1 Å². The van der Waals surface area contributed by atoms with Gasteiger partial charge in [-0.05, 0) is 0 Å². The summed E-state index contributed by atoms with van der Waals surface area (Å²) in [7, 11) is 1.14.